The van der Waals surface area contributed by atoms with Crippen molar-refractivity contribution in [1.29, 1.82) is 0 Å². The van der Waals surface area contributed by atoms with E-state index in [1.807, 2.05) is 13.8 Å². The van der Waals surface area contributed by atoms with Crippen LogP contribution in [-0.2, 0) is 17.6 Å². The van der Waals surface area contributed by atoms with E-state index in [2.05, 4.69) is 15.5 Å². The average molecular weight is 283 g/mol. The van der Waals surface area contributed by atoms with Crippen LogP contribution in [0.2, 0.25) is 0 Å². The molecule has 0 saturated carbocycles. The molecule has 112 valence electrons. The number of carbonyl (C=O) groups is 1. The maximum atomic E-state index is 11.4. The van der Waals surface area contributed by atoms with Gasteiger partial charge in [0.1, 0.15) is 5.56 Å². The van der Waals surface area contributed by atoms with Crippen molar-refractivity contribution >= 4 is 11.8 Å². The number of aliphatic hydroxyl groups excluding tert-OH is 1. The second-order valence-corrected chi connectivity index (χ2v) is 4.12. The van der Waals surface area contributed by atoms with Gasteiger partial charge in [0.2, 0.25) is 0 Å². The number of anilines is 1. The molecule has 1 rings (SSSR count). The van der Waals surface area contributed by atoms with Crippen molar-refractivity contribution in [2.75, 3.05) is 31.7 Å². The van der Waals surface area contributed by atoms with E-state index in [9.17, 15) is 9.90 Å². The Labute approximate surface area is 118 Å². The molecule has 0 radical (unpaired) electrons. The van der Waals surface area contributed by atoms with Crippen molar-refractivity contribution in [3.8, 4) is 0 Å². The van der Waals surface area contributed by atoms with Crippen LogP contribution in [0.5, 0.6) is 0 Å². The molecule has 0 unspecified atom stereocenters. The molecule has 0 aliphatic rings. The molecule has 0 aliphatic carbocycles. The van der Waals surface area contributed by atoms with E-state index in [4.69, 9.17) is 9.84 Å². The fourth-order valence-electron chi connectivity index (χ4n) is 1.94. The number of nitrogens with zero attached hydrogens (tertiary/aromatic N) is 2. The fourth-order valence-corrected chi connectivity index (χ4v) is 1.94. The summed E-state index contributed by atoms with van der Waals surface area (Å²) in [4.78, 5) is 11.4. The molecule has 1 aromatic heterocycles. The Morgan fingerprint density at radius 3 is 2.55 bits per heavy atom. The maximum Gasteiger partial charge on any atom is 0.339 e. The highest BCUT2D eigenvalue weighted by Crippen LogP contribution is 2.20. The molecule has 0 spiro atoms. The number of nitrogens with one attached hydrogen (secondary N) is 1. The van der Waals surface area contributed by atoms with Gasteiger partial charge in [0.15, 0.2) is 5.82 Å². The predicted octanol–water partition coefficient (Wildman–Crippen LogP) is 0.720. The molecule has 7 nitrogen and oxygen atoms in total. The van der Waals surface area contributed by atoms with E-state index >= 15 is 0 Å². The first kappa shape index (κ1) is 16.3. The second-order valence-electron chi connectivity index (χ2n) is 4.12. The van der Waals surface area contributed by atoms with Crippen LogP contribution in [0.25, 0.3) is 0 Å². The van der Waals surface area contributed by atoms with Crippen molar-refractivity contribution < 1.29 is 19.7 Å². The third-order valence-corrected chi connectivity index (χ3v) is 2.83. The van der Waals surface area contributed by atoms with E-state index in [-0.39, 0.29) is 24.6 Å². The molecule has 0 bridgehead atoms. The summed E-state index contributed by atoms with van der Waals surface area (Å²) in [6.07, 6.45) is 1.24. The van der Waals surface area contributed by atoms with E-state index in [0.29, 0.717) is 37.3 Å². The van der Waals surface area contributed by atoms with Crippen LogP contribution in [0, 0.1) is 0 Å². The largest absolute Gasteiger partial charge is 0.478 e. The highest BCUT2D eigenvalue weighted by atomic mass is 16.5. The van der Waals surface area contributed by atoms with Crippen molar-refractivity contribution in [3.05, 3.63) is 16.8 Å². The molecule has 0 aliphatic heterocycles. The quantitative estimate of drug-likeness (QED) is 0.573. The van der Waals surface area contributed by atoms with Gasteiger partial charge >= 0.3 is 5.97 Å². The minimum absolute atomic E-state index is 0.0363. The molecule has 3 N–H and O–H groups in total. The first-order chi connectivity index (χ1) is 9.65. The van der Waals surface area contributed by atoms with Gasteiger partial charge in [-0.15, -0.1) is 5.10 Å². The van der Waals surface area contributed by atoms with Crippen LogP contribution in [0.1, 0.15) is 35.5 Å². The molecule has 0 atom stereocenters. The highest BCUT2D eigenvalue weighted by molar-refractivity contribution is 5.95. The normalized spacial score (nSPS) is 10.6. The lowest BCUT2D eigenvalue weighted by Crippen LogP contribution is -2.18. The zero-order valence-electron chi connectivity index (χ0n) is 11.8. The van der Waals surface area contributed by atoms with Crippen molar-refractivity contribution in [3.63, 3.8) is 0 Å². The summed E-state index contributed by atoms with van der Waals surface area (Å²) in [5.74, 6) is -0.746. The fraction of sp³-hybridized carbons (Fsp3) is 0.615. The zero-order valence-corrected chi connectivity index (χ0v) is 11.8. The van der Waals surface area contributed by atoms with E-state index < -0.39 is 5.97 Å². The molecule has 0 saturated heterocycles. The topological polar surface area (TPSA) is 105 Å². The van der Waals surface area contributed by atoms with Gasteiger partial charge in [-0.25, -0.2) is 4.79 Å². The summed E-state index contributed by atoms with van der Waals surface area (Å²) in [5.41, 5.74) is 1.61. The van der Waals surface area contributed by atoms with Gasteiger partial charge in [0.05, 0.1) is 25.5 Å². The van der Waals surface area contributed by atoms with Gasteiger partial charge in [-0.1, -0.05) is 13.8 Å². The molecular weight excluding hydrogens is 262 g/mol. The van der Waals surface area contributed by atoms with Crippen LogP contribution < -0.4 is 5.32 Å². The molecule has 0 fully saturated rings. The molecule has 1 aromatic rings. The Morgan fingerprint density at radius 1 is 1.25 bits per heavy atom. The van der Waals surface area contributed by atoms with Gasteiger partial charge in [-0.3, -0.25) is 0 Å². The monoisotopic (exact) mass is 283 g/mol. The van der Waals surface area contributed by atoms with Crippen LogP contribution >= 0.6 is 0 Å². The lowest BCUT2D eigenvalue weighted by Gasteiger charge is -2.13. The average Bonchev–Trinajstić information content (AvgIpc) is 2.45. The zero-order chi connectivity index (χ0) is 15.0. The minimum atomic E-state index is -1.01. The number of ether oxygens (including phenoxy) is 1. The number of rotatable bonds is 9. The third kappa shape index (κ3) is 4.14. The van der Waals surface area contributed by atoms with Crippen LogP contribution in [-0.4, -0.2) is 52.7 Å². The summed E-state index contributed by atoms with van der Waals surface area (Å²) in [7, 11) is 0. The lowest BCUT2D eigenvalue weighted by atomic mass is 10.0. The number of aromatic carboxylic acids is 1. The van der Waals surface area contributed by atoms with E-state index in [1.165, 1.54) is 0 Å². The Bertz CT molecular complexity index is 451. The van der Waals surface area contributed by atoms with Gasteiger partial charge < -0.3 is 20.3 Å². The Morgan fingerprint density at radius 2 is 2.00 bits per heavy atom. The van der Waals surface area contributed by atoms with E-state index in [1.54, 1.807) is 0 Å². The minimum Gasteiger partial charge on any atom is -0.478 e. The molecule has 0 aromatic carbocycles. The van der Waals surface area contributed by atoms with Gasteiger partial charge in [-0.05, 0) is 18.4 Å². The summed E-state index contributed by atoms with van der Waals surface area (Å²) >= 11 is 0. The van der Waals surface area contributed by atoms with Gasteiger partial charge in [0.25, 0.3) is 0 Å². The number of carboxylic acids is 1. The van der Waals surface area contributed by atoms with Gasteiger partial charge in [-0.2, -0.15) is 5.10 Å². The molecule has 0 amide bonds. The molecular formula is C13H21N3O4. The van der Waals surface area contributed by atoms with Crippen molar-refractivity contribution in [1.82, 2.24) is 10.2 Å². The number of hydrogen-bond acceptors (Lipinski definition) is 6. The highest BCUT2D eigenvalue weighted by Gasteiger charge is 2.19. The number of aromatic nitrogens is 2. The Balaban J connectivity index is 2.87. The SMILES string of the molecule is CCc1nnc(NCCOCCO)c(C(=O)O)c1CC. The first-order valence-electron chi connectivity index (χ1n) is 6.69. The second kappa shape index (κ2) is 8.44. The number of hydrogen-bond donors (Lipinski definition) is 3. The first-order valence-corrected chi connectivity index (χ1v) is 6.69. The summed E-state index contributed by atoms with van der Waals surface area (Å²) in [6, 6.07) is 0. The molecule has 1 heterocycles. The predicted molar refractivity (Wildman–Crippen MR) is 74.1 cm³/mol. The summed E-state index contributed by atoms with van der Waals surface area (Å²) in [5, 5.41) is 28.9. The number of carboxylic acid groups (broad SMARTS) is 1. The maximum absolute atomic E-state index is 11.4. The number of aryl methyl sites for hydroxylation is 1. The standard InChI is InChI=1S/C13H21N3O4/c1-3-9-10(4-2)15-16-12(11(9)13(18)19)14-5-7-20-8-6-17/h17H,3-8H2,1-2H3,(H,14,16)(H,18,19). The summed E-state index contributed by atoms with van der Waals surface area (Å²) in [6.45, 7) is 4.81. The lowest BCUT2D eigenvalue weighted by molar-refractivity contribution is 0.0695. The third-order valence-electron chi connectivity index (χ3n) is 2.83. The van der Waals surface area contributed by atoms with Crippen LogP contribution in [0.4, 0.5) is 5.82 Å². The Kier molecular flexibility index (Phi) is 6.89. The summed E-state index contributed by atoms with van der Waals surface area (Å²) < 4.78 is 5.10. The molecule has 20 heavy (non-hydrogen) atoms. The van der Waals surface area contributed by atoms with Gasteiger partial charge in [0, 0.05) is 6.54 Å². The van der Waals surface area contributed by atoms with Crippen LogP contribution in [0.15, 0.2) is 0 Å². The smallest absolute Gasteiger partial charge is 0.339 e. The van der Waals surface area contributed by atoms with Crippen LogP contribution in [0.3, 0.4) is 0 Å². The Hall–Kier alpha value is -1.73. The van der Waals surface area contributed by atoms with E-state index in [0.717, 1.165) is 0 Å². The van der Waals surface area contributed by atoms with Crippen molar-refractivity contribution in [2.45, 2.75) is 26.7 Å². The number of aliphatic hydroxyl groups is 1. The van der Waals surface area contributed by atoms with Crippen molar-refractivity contribution in [2.24, 2.45) is 0 Å². The molecule has 7 heteroatoms.